The predicted octanol–water partition coefficient (Wildman–Crippen LogP) is -0.711. The fourth-order valence-electron chi connectivity index (χ4n) is 1.61. The molecule has 98 valence electrons. The van der Waals surface area contributed by atoms with Gasteiger partial charge in [0.2, 0.25) is 5.91 Å². The predicted molar refractivity (Wildman–Crippen MR) is 61.4 cm³/mol. The molecule has 1 aliphatic heterocycles. The number of methoxy groups -OCH3 is 1. The summed E-state index contributed by atoms with van der Waals surface area (Å²) in [7, 11) is 1.31. The minimum absolute atomic E-state index is 0.0177. The Morgan fingerprint density at radius 1 is 1.47 bits per heavy atom. The van der Waals surface area contributed by atoms with Crippen LogP contribution in [0.1, 0.15) is 13.8 Å². The first kappa shape index (κ1) is 13.9. The standard InChI is InChI=1S/C11H20N2O4/c1-7(2)9(11(15)16-3)13-10(14)8-6-17-5-4-12-8/h7-9,12H,4-6H2,1-3H3,(H,13,14)/t8?,9-/m0/s1. The largest absolute Gasteiger partial charge is 0.467 e. The van der Waals surface area contributed by atoms with Gasteiger partial charge in [-0.2, -0.15) is 0 Å². The molecule has 1 unspecified atom stereocenters. The van der Waals surface area contributed by atoms with Crippen LogP contribution in [0.3, 0.4) is 0 Å². The first-order valence-corrected chi connectivity index (χ1v) is 5.75. The molecule has 0 radical (unpaired) electrons. The molecule has 1 rings (SSSR count). The highest BCUT2D eigenvalue weighted by molar-refractivity contribution is 5.87. The maximum atomic E-state index is 11.9. The van der Waals surface area contributed by atoms with Crippen LogP contribution in [0.2, 0.25) is 0 Å². The highest BCUT2D eigenvalue weighted by Gasteiger charge is 2.29. The number of ether oxygens (including phenoxy) is 2. The zero-order valence-corrected chi connectivity index (χ0v) is 10.5. The zero-order valence-electron chi connectivity index (χ0n) is 10.5. The Kier molecular flexibility index (Phi) is 5.37. The van der Waals surface area contributed by atoms with Gasteiger partial charge in [0.25, 0.3) is 0 Å². The minimum Gasteiger partial charge on any atom is -0.467 e. The Hall–Kier alpha value is -1.14. The van der Waals surface area contributed by atoms with Gasteiger partial charge in [-0.25, -0.2) is 4.79 Å². The molecule has 0 aliphatic carbocycles. The number of carbonyl (C=O) groups is 2. The summed E-state index contributed by atoms with van der Waals surface area (Å²) >= 11 is 0. The second-order valence-electron chi connectivity index (χ2n) is 4.34. The van der Waals surface area contributed by atoms with E-state index < -0.39 is 18.1 Å². The molecule has 6 nitrogen and oxygen atoms in total. The molecule has 1 fully saturated rings. The van der Waals surface area contributed by atoms with Crippen LogP contribution in [0.25, 0.3) is 0 Å². The highest BCUT2D eigenvalue weighted by atomic mass is 16.5. The third-order valence-corrected chi connectivity index (χ3v) is 2.66. The van der Waals surface area contributed by atoms with Gasteiger partial charge < -0.3 is 20.1 Å². The fraction of sp³-hybridized carbons (Fsp3) is 0.818. The fourth-order valence-corrected chi connectivity index (χ4v) is 1.61. The van der Waals surface area contributed by atoms with Gasteiger partial charge in [0.1, 0.15) is 12.1 Å². The van der Waals surface area contributed by atoms with Crippen molar-refractivity contribution >= 4 is 11.9 Å². The average molecular weight is 244 g/mol. The second kappa shape index (κ2) is 6.56. The van der Waals surface area contributed by atoms with E-state index >= 15 is 0 Å². The summed E-state index contributed by atoms with van der Waals surface area (Å²) in [4.78, 5) is 23.4. The molecule has 1 saturated heterocycles. The third kappa shape index (κ3) is 3.98. The van der Waals surface area contributed by atoms with Crippen molar-refractivity contribution in [2.24, 2.45) is 5.92 Å². The lowest BCUT2D eigenvalue weighted by atomic mass is 10.0. The number of morpholine rings is 1. The van der Waals surface area contributed by atoms with Gasteiger partial charge in [0.15, 0.2) is 0 Å². The molecule has 17 heavy (non-hydrogen) atoms. The van der Waals surface area contributed by atoms with Crippen molar-refractivity contribution in [2.75, 3.05) is 26.9 Å². The van der Waals surface area contributed by atoms with Crippen LogP contribution < -0.4 is 10.6 Å². The average Bonchev–Trinajstić information content (AvgIpc) is 2.35. The maximum absolute atomic E-state index is 11.9. The first-order valence-electron chi connectivity index (χ1n) is 5.75. The first-order chi connectivity index (χ1) is 8.06. The molecule has 0 spiro atoms. The van der Waals surface area contributed by atoms with Gasteiger partial charge >= 0.3 is 5.97 Å². The van der Waals surface area contributed by atoms with Crippen LogP contribution in [0.4, 0.5) is 0 Å². The summed E-state index contributed by atoms with van der Waals surface area (Å²) < 4.78 is 9.85. The third-order valence-electron chi connectivity index (χ3n) is 2.66. The van der Waals surface area contributed by atoms with Crippen LogP contribution in [0.15, 0.2) is 0 Å². The quantitative estimate of drug-likeness (QED) is 0.639. The molecule has 0 aromatic carbocycles. The van der Waals surface area contributed by atoms with E-state index in [1.165, 1.54) is 7.11 Å². The molecule has 2 atom stereocenters. The molecule has 1 amide bonds. The van der Waals surface area contributed by atoms with Crippen molar-refractivity contribution in [2.45, 2.75) is 25.9 Å². The van der Waals surface area contributed by atoms with Gasteiger partial charge in [-0.3, -0.25) is 4.79 Å². The van der Waals surface area contributed by atoms with E-state index in [1.807, 2.05) is 13.8 Å². The number of hydrogen-bond donors (Lipinski definition) is 2. The number of esters is 1. The SMILES string of the molecule is COC(=O)[C@@H](NC(=O)C1COCCN1)C(C)C. The van der Waals surface area contributed by atoms with Crippen LogP contribution in [-0.4, -0.2) is 50.8 Å². The highest BCUT2D eigenvalue weighted by Crippen LogP contribution is 2.04. The van der Waals surface area contributed by atoms with Crippen molar-refractivity contribution < 1.29 is 19.1 Å². The van der Waals surface area contributed by atoms with Crippen LogP contribution >= 0.6 is 0 Å². The Morgan fingerprint density at radius 3 is 2.65 bits per heavy atom. The van der Waals surface area contributed by atoms with E-state index in [1.54, 1.807) is 0 Å². The molecular formula is C11H20N2O4. The van der Waals surface area contributed by atoms with E-state index in [0.717, 1.165) is 0 Å². The smallest absolute Gasteiger partial charge is 0.328 e. The number of hydrogen-bond acceptors (Lipinski definition) is 5. The molecular weight excluding hydrogens is 224 g/mol. The van der Waals surface area contributed by atoms with Crippen molar-refractivity contribution in [1.29, 1.82) is 0 Å². The number of rotatable bonds is 4. The Balaban J connectivity index is 2.54. The summed E-state index contributed by atoms with van der Waals surface area (Å²) in [6.45, 7) is 5.29. The van der Waals surface area contributed by atoms with Gasteiger partial charge in [-0.05, 0) is 5.92 Å². The second-order valence-corrected chi connectivity index (χ2v) is 4.34. The van der Waals surface area contributed by atoms with Gasteiger partial charge in [0.05, 0.1) is 20.3 Å². The molecule has 1 aliphatic rings. The maximum Gasteiger partial charge on any atom is 0.328 e. The Morgan fingerprint density at radius 2 is 2.18 bits per heavy atom. The molecule has 1 heterocycles. The summed E-state index contributed by atoms with van der Waals surface area (Å²) in [5.74, 6) is -0.671. The number of amides is 1. The summed E-state index contributed by atoms with van der Waals surface area (Å²) in [6.07, 6.45) is 0. The molecule has 0 bridgehead atoms. The summed E-state index contributed by atoms with van der Waals surface area (Å²) in [5, 5.41) is 5.71. The molecule has 6 heteroatoms. The Labute approximate surface area is 101 Å². The van der Waals surface area contributed by atoms with Gasteiger partial charge in [0, 0.05) is 6.54 Å². The number of carbonyl (C=O) groups excluding carboxylic acids is 2. The summed E-state index contributed by atoms with van der Waals surface area (Å²) in [6, 6.07) is -1.01. The summed E-state index contributed by atoms with van der Waals surface area (Å²) in [5.41, 5.74) is 0. The van der Waals surface area contributed by atoms with Crippen LogP contribution in [0.5, 0.6) is 0 Å². The lowest BCUT2D eigenvalue weighted by Gasteiger charge is -2.26. The minimum atomic E-state index is -0.615. The van der Waals surface area contributed by atoms with Crippen LogP contribution in [0, 0.1) is 5.92 Å². The molecule has 0 aromatic rings. The Bertz CT molecular complexity index is 275. The van der Waals surface area contributed by atoms with Gasteiger partial charge in [-0.15, -0.1) is 0 Å². The van der Waals surface area contributed by atoms with E-state index in [2.05, 4.69) is 15.4 Å². The zero-order chi connectivity index (χ0) is 12.8. The van der Waals surface area contributed by atoms with E-state index in [-0.39, 0.29) is 11.8 Å². The van der Waals surface area contributed by atoms with Crippen molar-refractivity contribution in [3.63, 3.8) is 0 Å². The topological polar surface area (TPSA) is 76.7 Å². The van der Waals surface area contributed by atoms with Crippen molar-refractivity contribution in [3.05, 3.63) is 0 Å². The van der Waals surface area contributed by atoms with E-state index in [0.29, 0.717) is 19.8 Å². The van der Waals surface area contributed by atoms with Crippen molar-refractivity contribution in [3.8, 4) is 0 Å². The lowest BCUT2D eigenvalue weighted by molar-refractivity contribution is -0.147. The normalized spacial score (nSPS) is 22.0. The molecule has 0 saturated carbocycles. The monoisotopic (exact) mass is 244 g/mol. The molecule has 0 aromatic heterocycles. The van der Waals surface area contributed by atoms with Gasteiger partial charge in [-0.1, -0.05) is 13.8 Å². The lowest BCUT2D eigenvalue weighted by Crippen LogP contribution is -2.56. The molecule has 2 N–H and O–H groups in total. The van der Waals surface area contributed by atoms with E-state index in [4.69, 9.17) is 4.74 Å². The number of nitrogens with one attached hydrogen (secondary N) is 2. The van der Waals surface area contributed by atoms with Crippen molar-refractivity contribution in [1.82, 2.24) is 10.6 Å². The van der Waals surface area contributed by atoms with Crippen LogP contribution in [-0.2, 0) is 19.1 Å². The van der Waals surface area contributed by atoms with E-state index in [9.17, 15) is 9.59 Å².